The van der Waals surface area contributed by atoms with E-state index in [1.54, 1.807) is 19.2 Å². The number of hydrogen-bond acceptors (Lipinski definition) is 6. The number of methoxy groups -OCH3 is 1. The van der Waals surface area contributed by atoms with Gasteiger partial charge in [0.25, 0.3) is 5.69 Å². The van der Waals surface area contributed by atoms with Gasteiger partial charge in [0, 0.05) is 41.6 Å². The molecule has 3 aliphatic carbocycles. The summed E-state index contributed by atoms with van der Waals surface area (Å²) >= 11 is 0. The number of nitro benzene ring substituents is 1. The number of hydrogen-bond donors (Lipinski definition) is 0. The van der Waals surface area contributed by atoms with E-state index in [0.29, 0.717) is 18.2 Å². The van der Waals surface area contributed by atoms with Crippen LogP contribution in [0, 0.1) is 22.0 Å². The van der Waals surface area contributed by atoms with Crippen LogP contribution in [0.4, 0.5) is 5.69 Å². The fourth-order valence-corrected chi connectivity index (χ4v) is 7.57. The summed E-state index contributed by atoms with van der Waals surface area (Å²) in [4.78, 5) is 27.8. The Bertz CT molecular complexity index is 1220. The third kappa shape index (κ3) is 2.64. The highest BCUT2D eigenvalue weighted by Crippen LogP contribution is 2.65. The van der Waals surface area contributed by atoms with Gasteiger partial charge in [-0.3, -0.25) is 19.8 Å². The lowest BCUT2D eigenvalue weighted by Gasteiger charge is -2.59. The van der Waals surface area contributed by atoms with Crippen molar-refractivity contribution in [3.63, 3.8) is 0 Å². The van der Waals surface area contributed by atoms with Crippen LogP contribution < -0.4 is 9.47 Å². The number of nitrogens with zero attached hydrogens (tertiary/aromatic N) is 2. The van der Waals surface area contributed by atoms with Gasteiger partial charge >= 0.3 is 0 Å². The minimum Gasteiger partial charge on any atom is -0.493 e. The molecule has 0 N–H and O–H groups in total. The second-order valence-corrected chi connectivity index (χ2v) is 10.8. The van der Waals surface area contributed by atoms with Crippen molar-refractivity contribution < 1.29 is 19.2 Å². The van der Waals surface area contributed by atoms with Gasteiger partial charge in [-0.25, -0.2) is 0 Å². The fraction of sp³-hybridized carbons (Fsp3) is 0.519. The van der Waals surface area contributed by atoms with Crippen molar-refractivity contribution in [1.29, 1.82) is 0 Å². The van der Waals surface area contributed by atoms with Gasteiger partial charge in [-0.05, 0) is 67.7 Å². The van der Waals surface area contributed by atoms with Gasteiger partial charge in [-0.1, -0.05) is 18.2 Å². The lowest BCUT2D eigenvalue weighted by atomic mass is 9.49. The first kappa shape index (κ1) is 20.4. The predicted molar refractivity (Wildman–Crippen MR) is 124 cm³/mol. The Hall–Kier alpha value is -2.93. The van der Waals surface area contributed by atoms with Gasteiger partial charge in [0.1, 0.15) is 0 Å². The molecule has 5 atom stereocenters. The van der Waals surface area contributed by atoms with Crippen LogP contribution in [0.15, 0.2) is 36.4 Å². The van der Waals surface area contributed by atoms with Crippen LogP contribution in [0.1, 0.15) is 48.3 Å². The zero-order chi connectivity index (χ0) is 23.2. The van der Waals surface area contributed by atoms with Crippen molar-refractivity contribution >= 4 is 11.5 Å². The molecule has 176 valence electrons. The maximum absolute atomic E-state index is 14.1. The zero-order valence-corrected chi connectivity index (χ0v) is 19.2. The van der Waals surface area contributed by atoms with Gasteiger partial charge in [0.15, 0.2) is 23.4 Å². The number of benzene rings is 2. The molecule has 2 aliphatic heterocycles. The first-order valence-electron chi connectivity index (χ1n) is 12.4. The summed E-state index contributed by atoms with van der Waals surface area (Å²) in [6, 6.07) is 11.1. The lowest BCUT2D eigenvalue weighted by molar-refractivity contribution is -0.384. The van der Waals surface area contributed by atoms with Crippen molar-refractivity contribution in [3.05, 3.63) is 63.2 Å². The van der Waals surface area contributed by atoms with E-state index in [9.17, 15) is 14.9 Å². The highest BCUT2D eigenvalue weighted by Gasteiger charge is 2.67. The minimum atomic E-state index is -0.563. The van der Waals surface area contributed by atoms with E-state index in [1.807, 2.05) is 12.1 Å². The summed E-state index contributed by atoms with van der Waals surface area (Å²) in [6.45, 7) is 2.12. The van der Waals surface area contributed by atoms with E-state index >= 15 is 0 Å². The van der Waals surface area contributed by atoms with Crippen molar-refractivity contribution in [3.8, 4) is 11.5 Å². The first-order chi connectivity index (χ1) is 16.5. The average Bonchev–Trinajstić information content (AvgIpc) is 3.59. The maximum atomic E-state index is 14.1. The van der Waals surface area contributed by atoms with Crippen molar-refractivity contribution in [2.24, 2.45) is 11.8 Å². The average molecular weight is 461 g/mol. The number of non-ortho nitro benzene ring substituents is 1. The van der Waals surface area contributed by atoms with Gasteiger partial charge in [0.2, 0.25) is 0 Å². The number of rotatable bonds is 5. The molecule has 2 aromatic rings. The highest BCUT2D eigenvalue weighted by molar-refractivity contribution is 5.94. The Kier molecular flexibility index (Phi) is 4.23. The summed E-state index contributed by atoms with van der Waals surface area (Å²) in [7, 11) is 1.65. The molecular formula is C27H28N2O5. The quantitative estimate of drug-likeness (QED) is 0.495. The van der Waals surface area contributed by atoms with E-state index in [0.717, 1.165) is 43.2 Å². The van der Waals surface area contributed by atoms with Crippen LogP contribution in [0.3, 0.4) is 0 Å². The number of ether oxygens (including phenoxy) is 2. The van der Waals surface area contributed by atoms with Crippen LogP contribution >= 0.6 is 0 Å². The van der Waals surface area contributed by atoms with Gasteiger partial charge < -0.3 is 9.47 Å². The Morgan fingerprint density at radius 1 is 1.26 bits per heavy atom. The molecule has 7 nitrogen and oxygen atoms in total. The largest absolute Gasteiger partial charge is 0.493 e. The molecule has 0 amide bonds. The normalized spacial score (nSPS) is 33.3. The van der Waals surface area contributed by atoms with Crippen LogP contribution in [0.2, 0.25) is 0 Å². The number of carbonyl (C=O) groups is 1. The molecule has 2 saturated carbocycles. The molecule has 2 aromatic carbocycles. The van der Waals surface area contributed by atoms with Gasteiger partial charge in [-0.2, -0.15) is 0 Å². The standard InChI is InChI=1S/C27H28N2O5/c1-33-22-8-7-17-12-21-20-13-19(16-3-2-4-18(11-16)29(31)32)24(30)26-27(20,23(17)25(22)34-26)9-10-28(21)14-15-5-6-15/h2-4,7-8,11,15,19-21,26H,5-6,9-10,12-14H2,1H3/t19-,20?,21-,26+,27+/m1/s1. The lowest BCUT2D eigenvalue weighted by Crippen LogP contribution is -2.67. The molecule has 5 aliphatic rings. The molecule has 1 unspecified atom stereocenters. The summed E-state index contributed by atoms with van der Waals surface area (Å²) < 4.78 is 12.2. The molecular weight excluding hydrogens is 432 g/mol. The number of Topliss-reactive ketones (excluding diaryl/α,β-unsaturated/α-hetero) is 1. The Morgan fingerprint density at radius 3 is 2.88 bits per heavy atom. The number of carbonyl (C=O) groups excluding carboxylic acids is 1. The maximum Gasteiger partial charge on any atom is 0.269 e. The van der Waals surface area contributed by atoms with E-state index in [4.69, 9.17) is 9.47 Å². The molecule has 1 saturated heterocycles. The second-order valence-electron chi connectivity index (χ2n) is 10.8. The molecule has 2 bridgehead atoms. The molecule has 7 heteroatoms. The summed E-state index contributed by atoms with van der Waals surface area (Å²) in [5.41, 5.74) is 2.94. The highest BCUT2D eigenvalue weighted by atomic mass is 16.6. The third-order valence-corrected chi connectivity index (χ3v) is 9.20. The van der Waals surface area contributed by atoms with E-state index in [-0.39, 0.29) is 27.7 Å². The van der Waals surface area contributed by atoms with Crippen molar-refractivity contribution in [1.82, 2.24) is 4.90 Å². The van der Waals surface area contributed by atoms with E-state index in [2.05, 4.69) is 11.0 Å². The number of ketones is 1. The smallest absolute Gasteiger partial charge is 0.269 e. The third-order valence-electron chi connectivity index (χ3n) is 9.20. The second kappa shape index (κ2) is 7.04. The zero-order valence-electron chi connectivity index (χ0n) is 19.2. The molecule has 34 heavy (non-hydrogen) atoms. The number of piperidine rings is 1. The van der Waals surface area contributed by atoms with E-state index < -0.39 is 12.0 Å². The Labute approximate surface area is 198 Å². The monoisotopic (exact) mass is 460 g/mol. The predicted octanol–water partition coefficient (Wildman–Crippen LogP) is 4.02. The van der Waals surface area contributed by atoms with Crippen LogP contribution in [-0.2, 0) is 16.6 Å². The molecule has 0 radical (unpaired) electrons. The SMILES string of the molecule is COc1ccc2c3c1O[C@H]1C(=O)[C@@H](c4cccc([N+](=O)[O-])c4)CC4[C@@H](C2)N(CC2CC2)CC[C@@]341. The summed E-state index contributed by atoms with van der Waals surface area (Å²) in [5, 5.41) is 11.4. The molecule has 2 heterocycles. The van der Waals surface area contributed by atoms with Crippen molar-refractivity contribution in [2.45, 2.75) is 55.6 Å². The summed E-state index contributed by atoms with van der Waals surface area (Å²) in [5.74, 6) is 2.17. The molecule has 1 spiro atoms. The van der Waals surface area contributed by atoms with Crippen LogP contribution in [0.25, 0.3) is 0 Å². The topological polar surface area (TPSA) is 81.9 Å². The van der Waals surface area contributed by atoms with Gasteiger partial charge in [0.05, 0.1) is 12.0 Å². The molecule has 7 rings (SSSR count). The minimum absolute atomic E-state index is 0.0318. The Balaban J connectivity index is 1.37. The summed E-state index contributed by atoms with van der Waals surface area (Å²) in [6.07, 6.45) is 4.65. The Morgan fingerprint density at radius 2 is 2.12 bits per heavy atom. The molecule has 0 aromatic heterocycles. The number of nitro groups is 1. The number of likely N-dealkylation sites (tertiary alicyclic amines) is 1. The van der Waals surface area contributed by atoms with Crippen LogP contribution in [0.5, 0.6) is 11.5 Å². The molecule has 3 fully saturated rings. The fourth-order valence-electron chi connectivity index (χ4n) is 7.57. The van der Waals surface area contributed by atoms with Gasteiger partial charge in [-0.15, -0.1) is 0 Å². The van der Waals surface area contributed by atoms with E-state index in [1.165, 1.54) is 30.0 Å². The first-order valence-corrected chi connectivity index (χ1v) is 12.4. The van der Waals surface area contributed by atoms with Crippen molar-refractivity contribution in [2.75, 3.05) is 20.2 Å². The van der Waals surface area contributed by atoms with Crippen LogP contribution in [-0.4, -0.2) is 48.0 Å².